The fourth-order valence-electron chi connectivity index (χ4n) is 5.04. The molecule has 4 aromatic rings. The van der Waals surface area contributed by atoms with E-state index < -0.39 is 0 Å². The minimum atomic E-state index is 0.135. The van der Waals surface area contributed by atoms with Crippen LogP contribution in [0, 0.1) is 0 Å². The Bertz CT molecular complexity index is 1400. The second-order valence-electron chi connectivity index (χ2n) is 9.58. The molecule has 5 heterocycles. The fraction of sp³-hybridized carbons (Fsp3) is 0.370. The largest absolute Gasteiger partial charge is 0.378 e. The average Bonchev–Trinajstić information content (AvgIpc) is 3.28. The number of pyridine rings is 1. The molecule has 196 valence electrons. The minimum absolute atomic E-state index is 0.135. The Morgan fingerprint density at radius 1 is 0.974 bits per heavy atom. The van der Waals surface area contributed by atoms with E-state index in [9.17, 15) is 4.79 Å². The summed E-state index contributed by atoms with van der Waals surface area (Å²) in [6.07, 6.45) is 4.55. The molecular formula is C27H32N9O2+. The number of aromatic amines is 2. The van der Waals surface area contributed by atoms with Crippen LogP contribution in [0.3, 0.4) is 0 Å². The molecule has 0 unspecified atom stereocenters. The van der Waals surface area contributed by atoms with Gasteiger partial charge in [0.15, 0.2) is 5.65 Å². The van der Waals surface area contributed by atoms with E-state index in [0.717, 1.165) is 87.2 Å². The topological polar surface area (TPSA) is 117 Å². The predicted octanol–water partition coefficient (Wildman–Crippen LogP) is 2.47. The Balaban J connectivity index is 1.21. The zero-order chi connectivity index (χ0) is 25.9. The van der Waals surface area contributed by atoms with Gasteiger partial charge in [0.25, 0.3) is 5.82 Å². The summed E-state index contributed by atoms with van der Waals surface area (Å²) in [6.45, 7) is 8.19. The molecule has 3 aromatic heterocycles. The summed E-state index contributed by atoms with van der Waals surface area (Å²) < 4.78 is 5.46. The smallest absolute Gasteiger partial charge is 0.274 e. The van der Waals surface area contributed by atoms with Crippen LogP contribution in [0.25, 0.3) is 22.4 Å². The Morgan fingerprint density at radius 3 is 2.58 bits per heavy atom. The summed E-state index contributed by atoms with van der Waals surface area (Å²) in [5.41, 5.74) is 5.16. The average molecular weight is 515 g/mol. The first kappa shape index (κ1) is 24.1. The fourth-order valence-corrected chi connectivity index (χ4v) is 5.04. The number of aromatic nitrogens is 5. The molecule has 3 N–H and O–H groups in total. The van der Waals surface area contributed by atoms with Gasteiger partial charge in [-0.05, 0) is 30.3 Å². The number of H-pyrrole nitrogens is 2. The standard InChI is InChI=1S/C27H31N9O2/c1-19(37)34-9-2-10-36(12-11-34)23-8-3-20(17-28-23)24-25-26(30-18-29-25)33-27(32-24)31-21-4-6-22(7-5-21)35-13-15-38-16-14-35/h3-8,17-18H,2,9-16H2,1H3,(H2,29,30,31,32,33)/p+1. The van der Waals surface area contributed by atoms with Crippen LogP contribution in [0.1, 0.15) is 13.3 Å². The van der Waals surface area contributed by atoms with Gasteiger partial charge < -0.3 is 24.8 Å². The monoisotopic (exact) mass is 514 g/mol. The number of hydrogen-bond donors (Lipinski definition) is 2. The molecule has 38 heavy (non-hydrogen) atoms. The Kier molecular flexibility index (Phi) is 6.74. The number of hydrogen-bond acceptors (Lipinski definition) is 8. The van der Waals surface area contributed by atoms with Gasteiger partial charge in [0.1, 0.15) is 17.8 Å². The second-order valence-corrected chi connectivity index (χ2v) is 9.58. The summed E-state index contributed by atoms with van der Waals surface area (Å²) in [5, 5.41) is 3.34. The number of nitrogens with zero attached hydrogens (tertiary/aromatic N) is 6. The molecule has 1 amide bonds. The zero-order valence-corrected chi connectivity index (χ0v) is 21.5. The van der Waals surface area contributed by atoms with Crippen molar-refractivity contribution in [3.05, 3.63) is 48.9 Å². The van der Waals surface area contributed by atoms with E-state index >= 15 is 0 Å². The second kappa shape index (κ2) is 10.6. The summed E-state index contributed by atoms with van der Waals surface area (Å²) in [7, 11) is 0. The van der Waals surface area contributed by atoms with Crippen molar-refractivity contribution in [2.45, 2.75) is 13.3 Å². The van der Waals surface area contributed by atoms with Crippen molar-refractivity contribution in [3.8, 4) is 11.3 Å². The summed E-state index contributed by atoms with van der Waals surface area (Å²) >= 11 is 0. The minimum Gasteiger partial charge on any atom is -0.378 e. The highest BCUT2D eigenvalue weighted by Gasteiger charge is 2.23. The number of carbonyl (C=O) groups is 1. The van der Waals surface area contributed by atoms with Gasteiger partial charge in [-0.15, -0.1) is 0 Å². The van der Waals surface area contributed by atoms with Gasteiger partial charge in [-0.3, -0.25) is 9.69 Å². The summed E-state index contributed by atoms with van der Waals surface area (Å²) in [4.78, 5) is 38.7. The number of nitrogens with one attached hydrogen (secondary N) is 3. The van der Waals surface area contributed by atoms with Gasteiger partial charge in [0, 0.05) is 56.0 Å². The third kappa shape index (κ3) is 5.10. The molecule has 0 bridgehead atoms. The van der Waals surface area contributed by atoms with Gasteiger partial charge in [-0.25, -0.2) is 15.0 Å². The van der Waals surface area contributed by atoms with Crippen LogP contribution in [0.5, 0.6) is 0 Å². The zero-order valence-electron chi connectivity index (χ0n) is 21.5. The molecule has 2 aliphatic rings. The SMILES string of the molecule is CC(=O)N1CCCN(c2ccc(-c3nc(Nc4ccc(N5CCOCC5)cc4)nc4nc[nH]c34)c[nH+]2)CC1. The van der Waals surface area contributed by atoms with Crippen LogP contribution < -0.4 is 20.1 Å². The van der Waals surface area contributed by atoms with Crippen LogP contribution in [0.4, 0.5) is 23.1 Å². The molecule has 0 saturated carbocycles. The number of rotatable bonds is 5. The van der Waals surface area contributed by atoms with Crippen LogP contribution in [-0.2, 0) is 9.53 Å². The van der Waals surface area contributed by atoms with E-state index in [1.807, 2.05) is 23.2 Å². The summed E-state index contributed by atoms with van der Waals surface area (Å²) in [6, 6.07) is 12.4. The molecule has 11 heteroatoms. The van der Waals surface area contributed by atoms with Crippen LogP contribution in [0.15, 0.2) is 48.9 Å². The van der Waals surface area contributed by atoms with Crippen molar-refractivity contribution in [1.29, 1.82) is 0 Å². The lowest BCUT2D eigenvalue weighted by Gasteiger charge is -2.28. The Hall–Kier alpha value is -4.25. The van der Waals surface area contributed by atoms with Gasteiger partial charge in [-0.2, -0.15) is 4.98 Å². The van der Waals surface area contributed by atoms with Gasteiger partial charge in [-0.1, -0.05) is 0 Å². The summed E-state index contributed by atoms with van der Waals surface area (Å²) in [5.74, 6) is 1.64. The van der Waals surface area contributed by atoms with E-state index in [2.05, 4.69) is 59.3 Å². The number of imidazole rings is 1. The third-order valence-electron chi connectivity index (χ3n) is 7.14. The highest BCUT2D eigenvalue weighted by Crippen LogP contribution is 2.27. The maximum absolute atomic E-state index is 11.8. The molecule has 2 aliphatic heterocycles. The van der Waals surface area contributed by atoms with Crippen molar-refractivity contribution < 1.29 is 14.5 Å². The number of carbonyl (C=O) groups excluding carboxylic acids is 1. The molecule has 6 rings (SSSR count). The predicted molar refractivity (Wildman–Crippen MR) is 146 cm³/mol. The Morgan fingerprint density at radius 2 is 1.82 bits per heavy atom. The van der Waals surface area contributed by atoms with Gasteiger partial charge in [0.05, 0.1) is 38.8 Å². The van der Waals surface area contributed by atoms with Gasteiger partial charge >= 0.3 is 0 Å². The maximum Gasteiger partial charge on any atom is 0.274 e. The number of morpholine rings is 1. The molecule has 0 spiro atoms. The molecule has 0 aliphatic carbocycles. The van der Waals surface area contributed by atoms with Crippen molar-refractivity contribution in [1.82, 2.24) is 24.8 Å². The quantitative estimate of drug-likeness (QED) is 0.417. The van der Waals surface area contributed by atoms with E-state index in [0.29, 0.717) is 11.6 Å². The molecular weight excluding hydrogens is 482 g/mol. The Labute approximate surface area is 220 Å². The van der Waals surface area contributed by atoms with Crippen molar-refractivity contribution in [2.24, 2.45) is 0 Å². The van der Waals surface area contributed by atoms with Crippen molar-refractivity contribution in [3.63, 3.8) is 0 Å². The molecule has 0 radical (unpaired) electrons. The first-order chi connectivity index (χ1) is 18.6. The van der Waals surface area contributed by atoms with Crippen LogP contribution >= 0.6 is 0 Å². The normalized spacial score (nSPS) is 16.5. The number of ether oxygens (including phenoxy) is 1. The van der Waals surface area contributed by atoms with Crippen LogP contribution in [-0.4, -0.2) is 83.2 Å². The number of benzene rings is 1. The first-order valence-corrected chi connectivity index (χ1v) is 13.1. The molecule has 11 nitrogen and oxygen atoms in total. The first-order valence-electron chi connectivity index (χ1n) is 13.1. The lowest BCUT2D eigenvalue weighted by atomic mass is 10.2. The lowest BCUT2D eigenvalue weighted by Crippen LogP contribution is -2.36. The van der Waals surface area contributed by atoms with E-state index in [1.165, 1.54) is 5.69 Å². The number of amides is 1. The van der Waals surface area contributed by atoms with E-state index in [1.54, 1.807) is 13.3 Å². The maximum atomic E-state index is 11.8. The highest BCUT2D eigenvalue weighted by molar-refractivity contribution is 5.88. The van der Waals surface area contributed by atoms with E-state index in [4.69, 9.17) is 9.72 Å². The molecule has 0 atom stereocenters. The molecule has 1 aromatic carbocycles. The molecule has 2 saturated heterocycles. The van der Waals surface area contributed by atoms with Gasteiger partial charge in [0.2, 0.25) is 11.9 Å². The van der Waals surface area contributed by atoms with Crippen LogP contribution in [0.2, 0.25) is 0 Å². The van der Waals surface area contributed by atoms with Crippen molar-refractivity contribution in [2.75, 3.05) is 67.6 Å². The van der Waals surface area contributed by atoms with Crippen molar-refractivity contribution >= 4 is 40.2 Å². The van der Waals surface area contributed by atoms with E-state index in [-0.39, 0.29) is 5.91 Å². The lowest BCUT2D eigenvalue weighted by molar-refractivity contribution is -0.363. The number of fused-ring (bicyclic) bond motifs is 1. The number of anilines is 4. The molecule has 2 fully saturated rings. The highest BCUT2D eigenvalue weighted by atomic mass is 16.5. The third-order valence-corrected chi connectivity index (χ3v) is 7.14.